The molecule has 0 unspecified atom stereocenters. The van der Waals surface area contributed by atoms with E-state index in [0.29, 0.717) is 18.2 Å². The number of rotatable bonds is 4. The van der Waals surface area contributed by atoms with Gasteiger partial charge in [0.25, 0.3) is 0 Å². The van der Waals surface area contributed by atoms with Crippen molar-refractivity contribution in [1.29, 1.82) is 0 Å². The van der Waals surface area contributed by atoms with Crippen LogP contribution in [0.15, 0.2) is 12.1 Å². The van der Waals surface area contributed by atoms with E-state index in [0.717, 1.165) is 32.0 Å². The van der Waals surface area contributed by atoms with Gasteiger partial charge in [0.15, 0.2) is 5.78 Å². The van der Waals surface area contributed by atoms with Gasteiger partial charge in [0.1, 0.15) is 11.6 Å². The van der Waals surface area contributed by atoms with Gasteiger partial charge in [0.2, 0.25) is 0 Å². The van der Waals surface area contributed by atoms with E-state index < -0.39 is 5.82 Å². The van der Waals surface area contributed by atoms with Crippen LogP contribution in [-0.4, -0.2) is 53.9 Å². The minimum Gasteiger partial charge on any atom is -0.507 e. The zero-order chi connectivity index (χ0) is 15.6. The maximum absolute atomic E-state index is 13.6. The number of Topliss-reactive ketones (excluding diaryl/α,β-unsaturated/α-hetero) is 1. The van der Waals surface area contributed by atoms with Crippen LogP contribution in [0.3, 0.4) is 0 Å². The maximum Gasteiger partial charge on any atom is 0.163 e. The number of hydrogen-bond donors (Lipinski definition) is 1. The zero-order valence-corrected chi connectivity index (χ0v) is 12.9. The van der Waals surface area contributed by atoms with Crippen LogP contribution in [0.25, 0.3) is 0 Å². The van der Waals surface area contributed by atoms with Gasteiger partial charge >= 0.3 is 0 Å². The molecule has 21 heavy (non-hydrogen) atoms. The van der Waals surface area contributed by atoms with E-state index in [1.54, 1.807) is 0 Å². The highest BCUT2D eigenvalue weighted by molar-refractivity contribution is 5.97. The molecule has 1 heterocycles. The van der Waals surface area contributed by atoms with Gasteiger partial charge in [0.05, 0.1) is 5.56 Å². The lowest BCUT2D eigenvalue weighted by Crippen LogP contribution is -2.41. The molecule has 0 aromatic heterocycles. The number of ketones is 1. The van der Waals surface area contributed by atoms with Crippen LogP contribution in [0.4, 0.5) is 4.39 Å². The Kier molecular flexibility index (Phi) is 4.96. The Hall–Kier alpha value is -1.46. The number of carbonyl (C=O) groups excluding carboxylic acids is 1. The minimum atomic E-state index is -0.476. The number of phenolic OH excluding ortho intramolecular Hbond substituents is 1. The summed E-state index contributed by atoms with van der Waals surface area (Å²) in [6.45, 7) is 3.63. The molecule has 1 fully saturated rings. The van der Waals surface area contributed by atoms with Crippen LogP contribution in [-0.2, 0) is 6.54 Å². The number of hydrogen-bond acceptors (Lipinski definition) is 4. The monoisotopic (exact) mass is 294 g/mol. The van der Waals surface area contributed by atoms with Crippen LogP contribution in [0.5, 0.6) is 5.75 Å². The van der Waals surface area contributed by atoms with E-state index in [1.807, 2.05) is 0 Å². The first-order valence-electron chi connectivity index (χ1n) is 7.29. The van der Waals surface area contributed by atoms with E-state index in [4.69, 9.17) is 0 Å². The Morgan fingerprint density at radius 1 is 1.38 bits per heavy atom. The Morgan fingerprint density at radius 3 is 2.52 bits per heavy atom. The second kappa shape index (κ2) is 6.54. The second-order valence-corrected chi connectivity index (χ2v) is 5.99. The zero-order valence-electron chi connectivity index (χ0n) is 12.9. The molecule has 1 N–H and O–H groups in total. The molecule has 2 rings (SSSR count). The van der Waals surface area contributed by atoms with Crippen molar-refractivity contribution in [1.82, 2.24) is 9.80 Å². The molecule has 1 aromatic carbocycles. The molecule has 0 saturated carbocycles. The van der Waals surface area contributed by atoms with Crippen LogP contribution in [0.2, 0.25) is 0 Å². The summed E-state index contributed by atoms with van der Waals surface area (Å²) >= 11 is 0. The summed E-state index contributed by atoms with van der Waals surface area (Å²) in [7, 11) is 4.16. The van der Waals surface area contributed by atoms with Gasteiger partial charge in [-0.15, -0.1) is 0 Å². The van der Waals surface area contributed by atoms with Crippen molar-refractivity contribution in [2.45, 2.75) is 32.4 Å². The first-order valence-corrected chi connectivity index (χ1v) is 7.29. The normalized spacial score (nSPS) is 17.4. The summed E-state index contributed by atoms with van der Waals surface area (Å²) < 4.78 is 13.6. The van der Waals surface area contributed by atoms with Gasteiger partial charge in [-0.3, -0.25) is 9.69 Å². The molecule has 1 aliphatic rings. The smallest absolute Gasteiger partial charge is 0.163 e. The van der Waals surface area contributed by atoms with E-state index in [2.05, 4.69) is 23.9 Å². The number of phenols is 1. The molecule has 0 spiro atoms. The summed E-state index contributed by atoms with van der Waals surface area (Å²) in [4.78, 5) is 15.9. The van der Waals surface area contributed by atoms with Crippen LogP contribution < -0.4 is 0 Å². The van der Waals surface area contributed by atoms with E-state index in [-0.39, 0.29) is 17.1 Å². The molecule has 4 nitrogen and oxygen atoms in total. The van der Waals surface area contributed by atoms with E-state index in [1.165, 1.54) is 13.0 Å². The third-order valence-electron chi connectivity index (χ3n) is 4.21. The van der Waals surface area contributed by atoms with Crippen LogP contribution in [0.1, 0.15) is 35.7 Å². The molecular weight excluding hydrogens is 271 g/mol. The van der Waals surface area contributed by atoms with Gasteiger partial charge in [-0.25, -0.2) is 4.39 Å². The SMILES string of the molecule is CC(=O)c1cc(F)cc(CN2CCC(N(C)C)CC2)c1O. The molecule has 1 aromatic rings. The number of piperidine rings is 1. The standard InChI is InChI=1S/C16H23FN2O2/c1-11(20)15-9-13(17)8-12(16(15)21)10-19-6-4-14(5-7-19)18(2)3/h8-9,14,21H,4-7,10H2,1-3H3. The van der Waals surface area contributed by atoms with Crippen molar-refractivity contribution in [3.05, 3.63) is 29.1 Å². The molecule has 1 aliphatic heterocycles. The summed E-state index contributed by atoms with van der Waals surface area (Å²) in [6.07, 6.45) is 2.12. The molecule has 0 bridgehead atoms. The predicted molar refractivity (Wildman–Crippen MR) is 80.1 cm³/mol. The van der Waals surface area contributed by atoms with Crippen LogP contribution >= 0.6 is 0 Å². The van der Waals surface area contributed by atoms with Crippen LogP contribution in [0, 0.1) is 5.82 Å². The lowest BCUT2D eigenvalue weighted by molar-refractivity contribution is 0.101. The summed E-state index contributed by atoms with van der Waals surface area (Å²) in [5.74, 6) is -0.880. The van der Waals surface area contributed by atoms with E-state index >= 15 is 0 Å². The van der Waals surface area contributed by atoms with E-state index in [9.17, 15) is 14.3 Å². The molecule has 0 amide bonds. The fourth-order valence-electron chi connectivity index (χ4n) is 2.88. The number of benzene rings is 1. The Balaban J connectivity index is 2.09. The average molecular weight is 294 g/mol. The molecule has 1 saturated heterocycles. The summed E-state index contributed by atoms with van der Waals surface area (Å²) in [5.41, 5.74) is 0.552. The predicted octanol–water partition coefficient (Wildman–Crippen LogP) is 2.26. The Labute approximate surface area is 125 Å². The lowest BCUT2D eigenvalue weighted by Gasteiger charge is -2.35. The van der Waals surface area contributed by atoms with Crippen molar-refractivity contribution in [2.24, 2.45) is 0 Å². The maximum atomic E-state index is 13.6. The fourth-order valence-corrected chi connectivity index (χ4v) is 2.88. The summed E-state index contributed by atoms with van der Waals surface area (Å²) in [6, 6.07) is 2.99. The molecular formula is C16H23FN2O2. The fraction of sp³-hybridized carbons (Fsp3) is 0.562. The van der Waals surface area contributed by atoms with Gasteiger partial charge in [-0.1, -0.05) is 0 Å². The van der Waals surface area contributed by atoms with Crippen molar-refractivity contribution >= 4 is 5.78 Å². The topological polar surface area (TPSA) is 43.8 Å². The molecule has 0 aliphatic carbocycles. The number of aromatic hydroxyl groups is 1. The number of carbonyl (C=O) groups is 1. The molecule has 5 heteroatoms. The second-order valence-electron chi connectivity index (χ2n) is 5.99. The number of halogens is 1. The quantitative estimate of drug-likeness (QED) is 0.865. The lowest BCUT2D eigenvalue weighted by atomic mass is 10.0. The minimum absolute atomic E-state index is 0.0631. The number of nitrogens with zero attached hydrogens (tertiary/aromatic N) is 2. The third kappa shape index (κ3) is 3.80. The van der Waals surface area contributed by atoms with Gasteiger partial charge in [-0.2, -0.15) is 0 Å². The van der Waals surface area contributed by atoms with Crippen molar-refractivity contribution in [3.8, 4) is 5.75 Å². The average Bonchev–Trinajstić information content (AvgIpc) is 2.42. The Bertz CT molecular complexity index is 523. The highest BCUT2D eigenvalue weighted by atomic mass is 19.1. The van der Waals surface area contributed by atoms with Crippen molar-refractivity contribution < 1.29 is 14.3 Å². The molecule has 0 atom stereocenters. The van der Waals surface area contributed by atoms with Crippen molar-refractivity contribution in [2.75, 3.05) is 27.2 Å². The summed E-state index contributed by atoms with van der Waals surface area (Å²) in [5, 5.41) is 10.1. The van der Waals surface area contributed by atoms with Gasteiger partial charge < -0.3 is 10.0 Å². The molecule has 116 valence electrons. The highest BCUT2D eigenvalue weighted by Crippen LogP contribution is 2.27. The largest absolute Gasteiger partial charge is 0.507 e. The highest BCUT2D eigenvalue weighted by Gasteiger charge is 2.22. The molecule has 0 radical (unpaired) electrons. The number of likely N-dealkylation sites (tertiary alicyclic amines) is 1. The van der Waals surface area contributed by atoms with Crippen molar-refractivity contribution in [3.63, 3.8) is 0 Å². The first-order chi connectivity index (χ1) is 9.88. The van der Waals surface area contributed by atoms with Gasteiger partial charge in [-0.05, 0) is 59.1 Å². The van der Waals surface area contributed by atoms with Gasteiger partial charge in [0, 0.05) is 18.2 Å². The third-order valence-corrected chi connectivity index (χ3v) is 4.21. The first kappa shape index (κ1) is 15.9. The Morgan fingerprint density at radius 2 is 2.00 bits per heavy atom.